The second-order valence-electron chi connectivity index (χ2n) is 2.25. The molecule has 4 nitrogen and oxygen atoms in total. The Hall–Kier alpha value is -0.160. The van der Waals surface area contributed by atoms with Crippen molar-refractivity contribution < 1.29 is 9.84 Å². The third-order valence-electron chi connectivity index (χ3n) is 1.24. The summed E-state index contributed by atoms with van der Waals surface area (Å²) in [6.07, 6.45) is 0.386. The van der Waals surface area contributed by atoms with Crippen LogP contribution in [0.5, 0.6) is 0 Å². The van der Waals surface area contributed by atoms with Crippen molar-refractivity contribution in [3.05, 3.63) is 0 Å². The number of ether oxygens (including phenoxy) is 1. The Kier molecular flexibility index (Phi) is 4.55. The summed E-state index contributed by atoms with van der Waals surface area (Å²) < 4.78 is 4.98. The summed E-state index contributed by atoms with van der Waals surface area (Å²) >= 11 is 0. The molecular weight excluding hydrogens is 132 g/mol. The fourth-order valence-electron chi connectivity index (χ4n) is 0.495. The van der Waals surface area contributed by atoms with Crippen molar-refractivity contribution >= 4 is 0 Å². The van der Waals surface area contributed by atoms with Gasteiger partial charge in [-0.1, -0.05) is 0 Å². The minimum atomic E-state index is -1.25. The molecule has 0 amide bonds. The molecule has 10 heavy (non-hydrogen) atoms. The highest BCUT2D eigenvalue weighted by Crippen LogP contribution is 1.98. The van der Waals surface area contributed by atoms with Crippen LogP contribution >= 0.6 is 0 Å². The molecule has 0 aromatic heterocycles. The highest BCUT2D eigenvalue weighted by atomic mass is 16.5. The van der Waals surface area contributed by atoms with E-state index in [4.69, 9.17) is 21.3 Å². The van der Waals surface area contributed by atoms with Gasteiger partial charge in [-0.15, -0.1) is 0 Å². The fraction of sp³-hybridized carbons (Fsp3) is 1.00. The van der Waals surface area contributed by atoms with Crippen LogP contribution in [0.15, 0.2) is 0 Å². The van der Waals surface area contributed by atoms with Crippen molar-refractivity contribution in [3.63, 3.8) is 0 Å². The van der Waals surface area contributed by atoms with Crippen LogP contribution in [0.2, 0.25) is 0 Å². The number of hydrogen-bond acceptors (Lipinski definition) is 4. The Bertz CT molecular complexity index is 85.8. The molecule has 5 N–H and O–H groups in total. The third kappa shape index (κ3) is 4.69. The summed E-state index contributed by atoms with van der Waals surface area (Å²) in [7, 11) is 0. The van der Waals surface area contributed by atoms with Gasteiger partial charge in [0.25, 0.3) is 0 Å². The quantitative estimate of drug-likeness (QED) is 0.346. The molecule has 0 saturated carbocycles. The normalized spacial score (nSPS) is 16.8. The van der Waals surface area contributed by atoms with Gasteiger partial charge in [-0.25, -0.2) is 0 Å². The molecule has 0 bridgehead atoms. The van der Waals surface area contributed by atoms with Crippen LogP contribution in [-0.4, -0.2) is 30.6 Å². The molecule has 0 aromatic carbocycles. The van der Waals surface area contributed by atoms with Crippen molar-refractivity contribution in [2.45, 2.75) is 19.1 Å². The van der Waals surface area contributed by atoms with Crippen molar-refractivity contribution in [2.75, 3.05) is 19.8 Å². The maximum Gasteiger partial charge on any atom is 0.128 e. The first-order chi connectivity index (χ1) is 4.62. The molecule has 0 rings (SSSR count). The van der Waals surface area contributed by atoms with Crippen LogP contribution in [0.4, 0.5) is 0 Å². The van der Waals surface area contributed by atoms with Gasteiger partial charge in [0.1, 0.15) is 5.72 Å². The van der Waals surface area contributed by atoms with Crippen LogP contribution in [0.25, 0.3) is 0 Å². The van der Waals surface area contributed by atoms with Gasteiger partial charge in [-0.3, -0.25) is 0 Å². The number of hydrogen-bond donors (Lipinski definition) is 3. The summed E-state index contributed by atoms with van der Waals surface area (Å²) in [6, 6.07) is 0. The lowest BCUT2D eigenvalue weighted by Gasteiger charge is -2.20. The summed E-state index contributed by atoms with van der Waals surface area (Å²) in [4.78, 5) is 0. The monoisotopic (exact) mass is 148 g/mol. The van der Waals surface area contributed by atoms with E-state index < -0.39 is 5.72 Å². The predicted octanol–water partition coefficient (Wildman–Crippen LogP) is -0.981. The van der Waals surface area contributed by atoms with E-state index in [0.717, 1.165) is 0 Å². The zero-order valence-electron chi connectivity index (χ0n) is 6.34. The summed E-state index contributed by atoms with van der Waals surface area (Å²) in [6.45, 7) is 3.06. The average molecular weight is 148 g/mol. The molecule has 0 heterocycles. The Morgan fingerprint density at radius 3 is 2.60 bits per heavy atom. The average Bonchev–Trinajstić information content (AvgIpc) is 1.89. The molecule has 4 heteroatoms. The largest absolute Gasteiger partial charge is 0.382 e. The van der Waals surface area contributed by atoms with E-state index in [1.54, 1.807) is 0 Å². The van der Waals surface area contributed by atoms with E-state index in [1.165, 1.54) is 0 Å². The van der Waals surface area contributed by atoms with Crippen molar-refractivity contribution in [3.8, 4) is 0 Å². The number of nitrogens with two attached hydrogens (primary N) is 2. The van der Waals surface area contributed by atoms with Crippen LogP contribution in [0, 0.1) is 0 Å². The lowest BCUT2D eigenvalue weighted by molar-refractivity contribution is 0.0138. The maximum absolute atomic E-state index is 9.12. The molecule has 0 radical (unpaired) electrons. The lowest BCUT2D eigenvalue weighted by Crippen LogP contribution is -2.47. The van der Waals surface area contributed by atoms with Gasteiger partial charge in [-0.2, -0.15) is 0 Å². The number of aliphatic hydroxyl groups is 1. The second kappa shape index (κ2) is 4.62. The lowest BCUT2D eigenvalue weighted by atomic mass is 10.2. The van der Waals surface area contributed by atoms with Crippen molar-refractivity contribution in [1.82, 2.24) is 0 Å². The highest BCUT2D eigenvalue weighted by molar-refractivity contribution is 4.70. The zero-order valence-corrected chi connectivity index (χ0v) is 6.34. The summed E-state index contributed by atoms with van der Waals surface area (Å²) in [5.41, 5.74) is 9.21. The molecule has 0 spiro atoms. The molecule has 1 unspecified atom stereocenters. The molecule has 0 aromatic rings. The van der Waals surface area contributed by atoms with E-state index in [-0.39, 0.29) is 6.54 Å². The summed E-state index contributed by atoms with van der Waals surface area (Å²) in [5.74, 6) is 0. The zero-order chi connectivity index (χ0) is 8.04. The van der Waals surface area contributed by atoms with E-state index >= 15 is 0 Å². The maximum atomic E-state index is 9.12. The van der Waals surface area contributed by atoms with E-state index in [2.05, 4.69) is 0 Å². The SMILES string of the molecule is CCOCCC(N)(O)CN. The Labute approximate surface area is 61.2 Å². The topological polar surface area (TPSA) is 81.5 Å². The van der Waals surface area contributed by atoms with Crippen LogP contribution < -0.4 is 11.5 Å². The Balaban J connectivity index is 3.28. The standard InChI is InChI=1S/C6H16N2O2/c1-2-10-4-3-6(8,9)5-7/h9H,2-5,7-8H2,1H3. The molecule has 0 saturated heterocycles. The molecule has 0 fully saturated rings. The molecule has 1 atom stereocenters. The minimum absolute atomic E-state index is 0.0695. The second-order valence-corrected chi connectivity index (χ2v) is 2.25. The first-order valence-corrected chi connectivity index (χ1v) is 3.41. The Morgan fingerprint density at radius 2 is 2.20 bits per heavy atom. The van der Waals surface area contributed by atoms with Crippen LogP contribution in [0.3, 0.4) is 0 Å². The van der Waals surface area contributed by atoms with E-state index in [9.17, 15) is 0 Å². The van der Waals surface area contributed by atoms with Crippen LogP contribution in [-0.2, 0) is 4.74 Å². The van der Waals surface area contributed by atoms with Crippen molar-refractivity contribution in [2.24, 2.45) is 11.5 Å². The summed E-state index contributed by atoms with van der Waals surface area (Å²) in [5, 5.41) is 9.12. The van der Waals surface area contributed by atoms with E-state index in [1.807, 2.05) is 6.92 Å². The smallest absolute Gasteiger partial charge is 0.128 e. The first kappa shape index (κ1) is 9.84. The van der Waals surface area contributed by atoms with Gasteiger partial charge in [0, 0.05) is 19.6 Å². The fourth-order valence-corrected chi connectivity index (χ4v) is 0.495. The van der Waals surface area contributed by atoms with Crippen LogP contribution in [0.1, 0.15) is 13.3 Å². The third-order valence-corrected chi connectivity index (χ3v) is 1.24. The van der Waals surface area contributed by atoms with Gasteiger partial charge in [-0.05, 0) is 6.92 Å². The first-order valence-electron chi connectivity index (χ1n) is 3.41. The van der Waals surface area contributed by atoms with Gasteiger partial charge >= 0.3 is 0 Å². The van der Waals surface area contributed by atoms with Gasteiger partial charge in [0.15, 0.2) is 0 Å². The number of rotatable bonds is 5. The molecular formula is C6H16N2O2. The predicted molar refractivity (Wildman–Crippen MR) is 39.3 cm³/mol. The van der Waals surface area contributed by atoms with Gasteiger partial charge < -0.3 is 21.3 Å². The minimum Gasteiger partial charge on any atom is -0.382 e. The van der Waals surface area contributed by atoms with E-state index in [0.29, 0.717) is 19.6 Å². The highest BCUT2D eigenvalue weighted by Gasteiger charge is 2.17. The molecule has 0 aliphatic rings. The van der Waals surface area contributed by atoms with Gasteiger partial charge in [0.2, 0.25) is 0 Å². The van der Waals surface area contributed by atoms with Gasteiger partial charge in [0.05, 0.1) is 6.61 Å². The Morgan fingerprint density at radius 1 is 1.60 bits per heavy atom. The molecule has 0 aliphatic heterocycles. The molecule has 0 aliphatic carbocycles. The molecule has 62 valence electrons. The van der Waals surface area contributed by atoms with Crippen molar-refractivity contribution in [1.29, 1.82) is 0 Å².